The van der Waals surface area contributed by atoms with Crippen LogP contribution < -0.4 is 10.1 Å². The van der Waals surface area contributed by atoms with Gasteiger partial charge in [-0.1, -0.05) is 38.3 Å². The minimum Gasteiger partial charge on any atom is -0.497 e. The van der Waals surface area contributed by atoms with Crippen LogP contribution in [-0.4, -0.2) is 52.5 Å². The highest BCUT2D eigenvalue weighted by molar-refractivity contribution is 7.61. The van der Waals surface area contributed by atoms with Crippen molar-refractivity contribution in [2.24, 2.45) is 4.36 Å². The quantitative estimate of drug-likeness (QED) is 0.611. The zero-order valence-electron chi connectivity index (χ0n) is 16.0. The Hall–Kier alpha value is -2.42. The second kappa shape index (κ2) is 12.1. The molecule has 1 N–H and O–H groups in total. The molecule has 0 spiro atoms. The molecule has 1 aromatic rings. The van der Waals surface area contributed by atoms with E-state index in [1.54, 1.807) is 24.3 Å². The summed E-state index contributed by atoms with van der Waals surface area (Å²) in [4.78, 5) is 26.4. The second-order valence-electron chi connectivity index (χ2n) is 5.96. The normalized spacial score (nSPS) is 11.4. The topological polar surface area (TPSA) is 105 Å². The van der Waals surface area contributed by atoms with Gasteiger partial charge in [0.15, 0.2) is 0 Å². The van der Waals surface area contributed by atoms with E-state index in [9.17, 15) is 18.0 Å². The summed E-state index contributed by atoms with van der Waals surface area (Å²) in [5.41, 5.74) is 0.567. The van der Waals surface area contributed by atoms with E-state index in [0.717, 1.165) is 24.2 Å². The van der Waals surface area contributed by atoms with Crippen LogP contribution in [0.3, 0.4) is 0 Å². The minimum atomic E-state index is -2.64. The van der Waals surface area contributed by atoms with E-state index in [1.165, 1.54) is 14.2 Å². The summed E-state index contributed by atoms with van der Waals surface area (Å²) in [5.74, 6) is -0.750. The molecule has 0 fully saturated rings. The third-order valence-corrected chi connectivity index (χ3v) is 4.50. The number of methoxy groups -OCH3 is 1. The Morgan fingerprint density at radius 2 is 1.85 bits per heavy atom. The third-order valence-electron chi connectivity index (χ3n) is 4.14. The summed E-state index contributed by atoms with van der Waals surface area (Å²) in [7, 11) is 0.340. The Kier molecular flexibility index (Phi) is 10.1. The number of nitrogens with one attached hydrogen (secondary N) is 1. The maximum Gasteiger partial charge on any atom is 0.323 e. The molecule has 0 radical (unpaired) electrons. The Morgan fingerprint density at radius 1 is 1.19 bits per heavy atom. The van der Waals surface area contributed by atoms with Gasteiger partial charge >= 0.3 is 16.5 Å². The van der Waals surface area contributed by atoms with Crippen LogP contribution in [0.2, 0.25) is 0 Å². The molecule has 0 aliphatic carbocycles. The van der Waals surface area contributed by atoms with Gasteiger partial charge in [-0.25, -0.2) is 4.79 Å². The molecule has 0 bridgehead atoms. The summed E-state index contributed by atoms with van der Waals surface area (Å²) in [6, 6.07) is 6.18. The van der Waals surface area contributed by atoms with Crippen molar-refractivity contribution in [3.8, 4) is 5.75 Å². The van der Waals surface area contributed by atoms with Crippen LogP contribution in [0.25, 0.3) is 0 Å². The summed E-state index contributed by atoms with van der Waals surface area (Å²) in [5, 5.41) is 2.47. The molecule has 3 amide bonds. The van der Waals surface area contributed by atoms with Gasteiger partial charge in [0, 0.05) is 13.6 Å². The van der Waals surface area contributed by atoms with Gasteiger partial charge in [0.2, 0.25) is 5.91 Å². The predicted octanol–water partition coefficient (Wildman–Crippen LogP) is 2.59. The van der Waals surface area contributed by atoms with Crippen LogP contribution in [0, 0.1) is 0 Å². The number of carbonyl (C=O) groups is 2. The lowest BCUT2D eigenvalue weighted by Gasteiger charge is -2.25. The molecule has 1 atom stereocenters. The number of ether oxygens (including phenoxy) is 1. The van der Waals surface area contributed by atoms with Crippen molar-refractivity contribution in [3.63, 3.8) is 0 Å². The van der Waals surface area contributed by atoms with Crippen molar-refractivity contribution in [2.75, 3.05) is 27.2 Å². The number of hydrogen-bond donors (Lipinski definition) is 1. The van der Waals surface area contributed by atoms with Crippen molar-refractivity contribution in [2.45, 2.75) is 38.5 Å². The molecule has 0 saturated carbocycles. The number of amides is 3. The number of urea groups is 1. The number of imide groups is 1. The largest absolute Gasteiger partial charge is 0.497 e. The molecule has 9 heteroatoms. The number of unbranched alkanes of at least 4 members (excludes halogenated alkanes) is 3. The van der Waals surface area contributed by atoms with Crippen LogP contribution in [0.1, 0.15) is 44.1 Å². The highest BCUT2D eigenvalue weighted by Gasteiger charge is 2.29. The summed E-state index contributed by atoms with van der Waals surface area (Å²) in [6.45, 7) is 2.08. The van der Waals surface area contributed by atoms with Crippen LogP contribution >= 0.6 is 0 Å². The van der Waals surface area contributed by atoms with Crippen molar-refractivity contribution >= 4 is 22.4 Å². The Labute approximate surface area is 161 Å². The SMILES string of the molecule is CCCCCCN(C(=O)NC)C(=O)C(CN=S(=O)=O)c1ccc(OC)cc1. The maximum atomic E-state index is 13.0. The standard InChI is InChI=1S/C18H27N3O5S/c1-4-5-6-7-12-21(18(23)19-2)17(22)16(13-20-27(24)25)14-8-10-15(26-3)11-9-14/h8-11,16H,4-7,12-13H2,1-3H3,(H,19,23). The average molecular weight is 397 g/mol. The van der Waals surface area contributed by atoms with Gasteiger partial charge in [-0.3, -0.25) is 9.69 Å². The molecule has 1 aromatic carbocycles. The van der Waals surface area contributed by atoms with Gasteiger partial charge in [0.1, 0.15) is 5.75 Å². The van der Waals surface area contributed by atoms with Gasteiger partial charge in [-0.2, -0.15) is 12.8 Å². The summed E-state index contributed by atoms with van der Waals surface area (Å²) < 4.78 is 30.3. The molecule has 1 unspecified atom stereocenters. The molecular weight excluding hydrogens is 370 g/mol. The Morgan fingerprint density at radius 3 is 2.37 bits per heavy atom. The Bertz CT molecular complexity index is 739. The van der Waals surface area contributed by atoms with E-state index in [1.807, 2.05) is 0 Å². The van der Waals surface area contributed by atoms with Crippen molar-refractivity contribution in [3.05, 3.63) is 29.8 Å². The van der Waals surface area contributed by atoms with Gasteiger partial charge in [0.05, 0.1) is 19.6 Å². The van der Waals surface area contributed by atoms with Gasteiger partial charge in [-0.15, -0.1) is 0 Å². The molecule has 0 heterocycles. The van der Waals surface area contributed by atoms with Crippen LogP contribution in [0.4, 0.5) is 4.79 Å². The van der Waals surface area contributed by atoms with E-state index in [4.69, 9.17) is 4.74 Å². The molecular formula is C18H27N3O5S. The highest BCUT2D eigenvalue weighted by Crippen LogP contribution is 2.23. The highest BCUT2D eigenvalue weighted by atomic mass is 32.2. The van der Waals surface area contributed by atoms with Crippen molar-refractivity contribution < 1.29 is 22.7 Å². The number of benzene rings is 1. The van der Waals surface area contributed by atoms with E-state index in [2.05, 4.69) is 16.6 Å². The zero-order valence-corrected chi connectivity index (χ0v) is 16.8. The van der Waals surface area contributed by atoms with Crippen molar-refractivity contribution in [1.82, 2.24) is 10.2 Å². The first-order chi connectivity index (χ1) is 12.9. The first-order valence-electron chi connectivity index (χ1n) is 8.88. The first kappa shape index (κ1) is 22.6. The molecule has 1 rings (SSSR count). The van der Waals surface area contributed by atoms with Gasteiger partial charge in [-0.05, 0) is 24.1 Å². The summed E-state index contributed by atoms with van der Waals surface area (Å²) >= 11 is 0. The lowest BCUT2D eigenvalue weighted by atomic mass is 9.97. The van der Waals surface area contributed by atoms with Crippen LogP contribution in [-0.2, 0) is 15.3 Å². The van der Waals surface area contributed by atoms with E-state index in [-0.39, 0.29) is 13.1 Å². The first-order valence-corrected chi connectivity index (χ1v) is 9.91. The van der Waals surface area contributed by atoms with Gasteiger partial charge in [0.25, 0.3) is 0 Å². The summed E-state index contributed by atoms with van der Waals surface area (Å²) in [6.07, 6.45) is 3.64. The Balaban J connectivity index is 3.11. The van der Waals surface area contributed by atoms with Crippen LogP contribution in [0.15, 0.2) is 28.6 Å². The zero-order chi connectivity index (χ0) is 20.2. The van der Waals surface area contributed by atoms with Crippen molar-refractivity contribution in [1.29, 1.82) is 0 Å². The third kappa shape index (κ3) is 7.38. The van der Waals surface area contributed by atoms with E-state index in [0.29, 0.717) is 17.7 Å². The molecule has 8 nitrogen and oxygen atoms in total. The average Bonchev–Trinajstić information content (AvgIpc) is 2.67. The monoisotopic (exact) mass is 397 g/mol. The number of nitrogens with zero attached hydrogens (tertiary/aromatic N) is 2. The fourth-order valence-electron chi connectivity index (χ4n) is 2.63. The lowest BCUT2D eigenvalue weighted by molar-refractivity contribution is -0.129. The van der Waals surface area contributed by atoms with Gasteiger partial charge < -0.3 is 10.1 Å². The fourth-order valence-corrected chi connectivity index (χ4v) is 2.90. The predicted molar refractivity (Wildman–Crippen MR) is 102 cm³/mol. The molecule has 0 aliphatic rings. The number of hydrogen-bond acceptors (Lipinski definition) is 6. The second-order valence-corrected chi connectivity index (χ2v) is 6.65. The molecule has 0 aromatic heterocycles. The number of carbonyl (C=O) groups excluding carboxylic acids is 2. The smallest absolute Gasteiger partial charge is 0.323 e. The maximum absolute atomic E-state index is 13.0. The fraction of sp³-hybridized carbons (Fsp3) is 0.556. The van der Waals surface area contributed by atoms with E-state index >= 15 is 0 Å². The molecule has 27 heavy (non-hydrogen) atoms. The van der Waals surface area contributed by atoms with E-state index < -0.39 is 28.4 Å². The molecule has 0 saturated heterocycles. The lowest BCUT2D eigenvalue weighted by Crippen LogP contribution is -2.45. The van der Waals surface area contributed by atoms with Crippen LogP contribution in [0.5, 0.6) is 5.75 Å². The molecule has 150 valence electrons. The number of rotatable bonds is 10. The molecule has 0 aliphatic heterocycles. The minimum absolute atomic E-state index is 0.260.